The summed E-state index contributed by atoms with van der Waals surface area (Å²) in [7, 11) is 1.57. The van der Waals surface area contributed by atoms with Gasteiger partial charge in [-0.15, -0.1) is 0 Å². The van der Waals surface area contributed by atoms with Crippen LogP contribution in [0.3, 0.4) is 0 Å². The molecule has 0 aliphatic heterocycles. The van der Waals surface area contributed by atoms with Gasteiger partial charge < -0.3 is 15.8 Å². The summed E-state index contributed by atoms with van der Waals surface area (Å²) >= 11 is 0. The van der Waals surface area contributed by atoms with Gasteiger partial charge in [-0.2, -0.15) is 4.98 Å². The van der Waals surface area contributed by atoms with Gasteiger partial charge in [0.2, 0.25) is 5.88 Å². The Morgan fingerprint density at radius 3 is 2.73 bits per heavy atom. The van der Waals surface area contributed by atoms with Gasteiger partial charge in [-0.1, -0.05) is 13.8 Å². The molecule has 5 nitrogen and oxygen atoms in total. The van der Waals surface area contributed by atoms with Gasteiger partial charge in [0, 0.05) is 12.6 Å². The Balaban J connectivity index is 2.70. The fraction of sp³-hybridized carbons (Fsp3) is 0.600. The minimum absolute atomic E-state index is 0.200. The highest BCUT2D eigenvalue weighted by Crippen LogP contribution is 2.11. The molecule has 84 valence electrons. The van der Waals surface area contributed by atoms with E-state index in [2.05, 4.69) is 29.1 Å². The second-order valence-corrected chi connectivity index (χ2v) is 3.68. The first-order valence-corrected chi connectivity index (χ1v) is 5.00. The van der Waals surface area contributed by atoms with Crippen molar-refractivity contribution >= 4 is 5.82 Å². The molecule has 1 rings (SSSR count). The van der Waals surface area contributed by atoms with E-state index in [1.165, 1.54) is 0 Å². The number of nitrogens with zero attached hydrogens (tertiary/aromatic N) is 2. The van der Waals surface area contributed by atoms with Crippen molar-refractivity contribution in [2.24, 2.45) is 11.7 Å². The molecule has 0 aliphatic rings. The predicted molar refractivity (Wildman–Crippen MR) is 59.9 cm³/mol. The Morgan fingerprint density at radius 2 is 2.20 bits per heavy atom. The molecule has 3 N–H and O–H groups in total. The molecule has 1 atom stereocenters. The highest BCUT2D eigenvalue weighted by Gasteiger charge is 2.11. The first-order chi connectivity index (χ1) is 7.17. The first kappa shape index (κ1) is 11.7. The van der Waals surface area contributed by atoms with Crippen molar-refractivity contribution in [2.45, 2.75) is 19.9 Å². The van der Waals surface area contributed by atoms with E-state index in [4.69, 9.17) is 10.5 Å². The quantitative estimate of drug-likeness (QED) is 0.754. The Hall–Kier alpha value is -1.36. The van der Waals surface area contributed by atoms with Crippen molar-refractivity contribution < 1.29 is 4.74 Å². The SMILES string of the molecule is COc1cncc(NC(CN)C(C)C)n1. The summed E-state index contributed by atoms with van der Waals surface area (Å²) in [6.07, 6.45) is 3.23. The summed E-state index contributed by atoms with van der Waals surface area (Å²) in [4.78, 5) is 8.22. The Bertz CT molecular complexity index is 303. The maximum absolute atomic E-state index is 5.65. The average Bonchev–Trinajstić information content (AvgIpc) is 2.25. The summed E-state index contributed by atoms with van der Waals surface area (Å²) in [5.41, 5.74) is 5.65. The second kappa shape index (κ2) is 5.50. The van der Waals surface area contributed by atoms with E-state index < -0.39 is 0 Å². The number of hydrogen-bond acceptors (Lipinski definition) is 5. The fourth-order valence-electron chi connectivity index (χ4n) is 1.20. The third kappa shape index (κ3) is 3.36. The maximum Gasteiger partial charge on any atom is 0.233 e. The van der Waals surface area contributed by atoms with E-state index in [-0.39, 0.29) is 6.04 Å². The smallest absolute Gasteiger partial charge is 0.233 e. The molecule has 0 fully saturated rings. The van der Waals surface area contributed by atoms with Crippen LogP contribution in [0.5, 0.6) is 5.88 Å². The molecule has 15 heavy (non-hydrogen) atoms. The highest BCUT2D eigenvalue weighted by atomic mass is 16.5. The number of ether oxygens (including phenoxy) is 1. The number of nitrogens with two attached hydrogens (primary N) is 1. The molecule has 0 bridgehead atoms. The molecule has 0 aliphatic carbocycles. The van der Waals surface area contributed by atoms with E-state index >= 15 is 0 Å². The van der Waals surface area contributed by atoms with Gasteiger partial charge in [-0.3, -0.25) is 4.98 Å². The summed E-state index contributed by atoms with van der Waals surface area (Å²) < 4.78 is 4.99. The van der Waals surface area contributed by atoms with Crippen LogP contribution in [-0.2, 0) is 0 Å². The van der Waals surface area contributed by atoms with Crippen molar-refractivity contribution in [3.63, 3.8) is 0 Å². The van der Waals surface area contributed by atoms with Gasteiger partial charge in [0.05, 0.1) is 19.5 Å². The lowest BCUT2D eigenvalue weighted by Crippen LogP contribution is -2.34. The molecule has 5 heteroatoms. The molecular formula is C10H18N4O. The molecule has 0 spiro atoms. The molecule has 1 aromatic heterocycles. The summed E-state index contributed by atoms with van der Waals surface area (Å²) in [6, 6.07) is 0.200. The molecule has 0 amide bonds. The molecule has 1 aromatic rings. The second-order valence-electron chi connectivity index (χ2n) is 3.68. The van der Waals surface area contributed by atoms with Gasteiger partial charge >= 0.3 is 0 Å². The van der Waals surface area contributed by atoms with Crippen LogP contribution < -0.4 is 15.8 Å². The van der Waals surface area contributed by atoms with Gasteiger partial charge in [0.25, 0.3) is 0 Å². The number of methoxy groups -OCH3 is 1. The number of hydrogen-bond donors (Lipinski definition) is 2. The Kier molecular flexibility index (Phi) is 4.30. The minimum atomic E-state index is 0.200. The fourth-order valence-corrected chi connectivity index (χ4v) is 1.20. The molecule has 0 saturated heterocycles. The van der Waals surface area contributed by atoms with Crippen LogP contribution in [0.2, 0.25) is 0 Å². The van der Waals surface area contributed by atoms with E-state index in [1.807, 2.05) is 0 Å². The van der Waals surface area contributed by atoms with E-state index in [1.54, 1.807) is 19.5 Å². The van der Waals surface area contributed by atoms with E-state index in [0.29, 0.717) is 24.2 Å². The normalized spacial score (nSPS) is 12.6. The number of anilines is 1. The zero-order valence-corrected chi connectivity index (χ0v) is 9.40. The van der Waals surface area contributed by atoms with Gasteiger partial charge in [-0.05, 0) is 5.92 Å². The summed E-state index contributed by atoms with van der Waals surface area (Å²) in [5.74, 6) is 1.64. The molecular weight excluding hydrogens is 192 g/mol. The highest BCUT2D eigenvalue weighted by molar-refractivity contribution is 5.34. The maximum atomic E-state index is 5.65. The molecule has 0 radical (unpaired) electrons. The first-order valence-electron chi connectivity index (χ1n) is 5.00. The molecule has 0 saturated carbocycles. The Labute approximate surface area is 90.1 Å². The molecule has 1 unspecified atom stereocenters. The summed E-state index contributed by atoms with van der Waals surface area (Å²) in [5, 5.41) is 3.22. The molecule has 1 heterocycles. The topological polar surface area (TPSA) is 73.1 Å². The number of rotatable bonds is 5. The van der Waals surface area contributed by atoms with Crippen LogP contribution in [-0.4, -0.2) is 29.7 Å². The van der Waals surface area contributed by atoms with Crippen LogP contribution in [0.25, 0.3) is 0 Å². The van der Waals surface area contributed by atoms with Crippen LogP contribution in [0, 0.1) is 5.92 Å². The lowest BCUT2D eigenvalue weighted by molar-refractivity contribution is 0.396. The van der Waals surface area contributed by atoms with Gasteiger partial charge in [0.1, 0.15) is 5.82 Å². The van der Waals surface area contributed by atoms with E-state index in [0.717, 1.165) is 0 Å². The lowest BCUT2D eigenvalue weighted by atomic mass is 10.1. The van der Waals surface area contributed by atoms with Crippen molar-refractivity contribution in [2.75, 3.05) is 19.0 Å². The third-order valence-corrected chi connectivity index (χ3v) is 2.21. The number of nitrogens with one attached hydrogen (secondary N) is 1. The van der Waals surface area contributed by atoms with Gasteiger partial charge in [-0.25, -0.2) is 0 Å². The van der Waals surface area contributed by atoms with Crippen LogP contribution >= 0.6 is 0 Å². The van der Waals surface area contributed by atoms with Crippen molar-refractivity contribution in [1.29, 1.82) is 0 Å². The third-order valence-electron chi connectivity index (χ3n) is 2.21. The largest absolute Gasteiger partial charge is 0.480 e. The minimum Gasteiger partial charge on any atom is -0.480 e. The summed E-state index contributed by atoms with van der Waals surface area (Å²) in [6.45, 7) is 4.78. The zero-order chi connectivity index (χ0) is 11.3. The Morgan fingerprint density at radius 1 is 1.47 bits per heavy atom. The zero-order valence-electron chi connectivity index (χ0n) is 9.40. The van der Waals surface area contributed by atoms with Crippen LogP contribution in [0.1, 0.15) is 13.8 Å². The van der Waals surface area contributed by atoms with Crippen molar-refractivity contribution in [3.05, 3.63) is 12.4 Å². The standard InChI is InChI=1S/C10H18N4O/c1-7(2)8(4-11)13-9-5-12-6-10(14-9)15-3/h5-8H,4,11H2,1-3H3,(H,13,14). The van der Waals surface area contributed by atoms with Crippen LogP contribution in [0.4, 0.5) is 5.82 Å². The van der Waals surface area contributed by atoms with Crippen molar-refractivity contribution in [3.8, 4) is 5.88 Å². The monoisotopic (exact) mass is 210 g/mol. The molecule has 0 aromatic carbocycles. The predicted octanol–water partition coefficient (Wildman–Crippen LogP) is 0.880. The lowest BCUT2D eigenvalue weighted by Gasteiger charge is -2.20. The number of aromatic nitrogens is 2. The van der Waals surface area contributed by atoms with Gasteiger partial charge in [0.15, 0.2) is 0 Å². The van der Waals surface area contributed by atoms with Crippen molar-refractivity contribution in [1.82, 2.24) is 9.97 Å². The van der Waals surface area contributed by atoms with E-state index in [9.17, 15) is 0 Å². The average molecular weight is 210 g/mol. The van der Waals surface area contributed by atoms with Crippen LogP contribution in [0.15, 0.2) is 12.4 Å².